The van der Waals surface area contributed by atoms with Crippen LogP contribution in [0.1, 0.15) is 0 Å². The van der Waals surface area contributed by atoms with Gasteiger partial charge in [-0.3, -0.25) is 0 Å². The van der Waals surface area contributed by atoms with Gasteiger partial charge in [-0.25, -0.2) is 0 Å². The molecule has 0 amide bonds. The van der Waals surface area contributed by atoms with Crippen molar-refractivity contribution in [3.05, 3.63) is 182 Å². The second-order valence-electron chi connectivity index (χ2n) is 10.3. The van der Waals surface area contributed by atoms with Gasteiger partial charge in [-0.05, 0) is 0 Å². The van der Waals surface area contributed by atoms with Gasteiger partial charge in [-0.1, -0.05) is 0 Å². The first-order chi connectivity index (χ1) is 23.6. The van der Waals surface area contributed by atoms with E-state index in [2.05, 4.69) is 4.86 Å². The number of rotatable bonds is 12. The third-order valence-electron chi connectivity index (χ3n) is 6.65. The molecule has 0 unspecified atom stereocenters. The minimum atomic E-state index is -4.17. The third-order valence-corrected chi connectivity index (χ3v) is 15.7. The normalized spacial score (nSPS) is 16.1. The maximum atomic E-state index is 6.82. The number of nitrogens with zero attached hydrogens (tertiary/aromatic N) is 2. The molecular formula is C36H32N3O6P3. The van der Waals surface area contributed by atoms with Crippen LogP contribution in [0.2, 0.25) is 0 Å². The van der Waals surface area contributed by atoms with Gasteiger partial charge in [0.25, 0.3) is 0 Å². The van der Waals surface area contributed by atoms with Crippen molar-refractivity contribution in [3.8, 4) is 34.5 Å². The van der Waals surface area contributed by atoms with Crippen molar-refractivity contribution in [1.29, 1.82) is 0 Å². The van der Waals surface area contributed by atoms with Gasteiger partial charge in [0.1, 0.15) is 0 Å². The molecule has 1 N–H and O–H groups in total. The Morgan fingerprint density at radius 3 is 1.00 bits per heavy atom. The first-order valence-corrected chi connectivity index (χ1v) is 20.0. The molecule has 0 spiro atoms. The van der Waals surface area contributed by atoms with Crippen molar-refractivity contribution in [1.82, 2.24) is 4.86 Å². The monoisotopic (exact) mass is 695 g/mol. The summed E-state index contributed by atoms with van der Waals surface area (Å²) in [6.07, 6.45) is 0. The zero-order valence-electron chi connectivity index (χ0n) is 25.6. The molecule has 6 aromatic rings. The Kier molecular flexibility index (Phi) is 9.46. The fourth-order valence-corrected chi connectivity index (χ4v) is 14.9. The number of benzene rings is 6. The topological polar surface area (TPSA) is 92.1 Å². The van der Waals surface area contributed by atoms with Gasteiger partial charge in [0, 0.05) is 0 Å². The van der Waals surface area contributed by atoms with Crippen LogP contribution in [-0.4, -0.2) is 0 Å². The van der Waals surface area contributed by atoms with Gasteiger partial charge < -0.3 is 0 Å². The molecule has 6 aromatic carbocycles. The molecular weight excluding hydrogens is 663 g/mol. The van der Waals surface area contributed by atoms with Crippen molar-refractivity contribution in [2.75, 3.05) is 0 Å². The predicted octanol–water partition coefficient (Wildman–Crippen LogP) is 11.4. The Labute approximate surface area is 280 Å². The van der Waals surface area contributed by atoms with Crippen molar-refractivity contribution in [2.45, 2.75) is 0 Å². The Bertz CT molecular complexity index is 1890. The minimum absolute atomic E-state index is 0.482. The van der Waals surface area contributed by atoms with E-state index in [1.165, 1.54) is 0 Å². The van der Waals surface area contributed by atoms with Crippen LogP contribution < -0.4 is 32.0 Å². The van der Waals surface area contributed by atoms with Crippen LogP contribution in [0.15, 0.2) is 191 Å². The van der Waals surface area contributed by atoms with E-state index in [1.54, 1.807) is 0 Å². The molecule has 0 saturated carbocycles. The van der Waals surface area contributed by atoms with Gasteiger partial charge in [0.15, 0.2) is 0 Å². The Balaban J connectivity index is 1.51. The quantitative estimate of drug-likeness (QED) is 0.127. The van der Waals surface area contributed by atoms with Crippen LogP contribution in [0.25, 0.3) is 0 Å². The van der Waals surface area contributed by atoms with E-state index >= 15 is 0 Å². The van der Waals surface area contributed by atoms with Crippen molar-refractivity contribution >= 4 is 23.3 Å². The third kappa shape index (κ3) is 7.91. The van der Waals surface area contributed by atoms with Crippen LogP contribution in [-0.2, 0) is 0 Å². The molecule has 0 atom stereocenters. The molecule has 0 aliphatic carbocycles. The molecule has 1 aliphatic heterocycles. The predicted molar refractivity (Wildman–Crippen MR) is 193 cm³/mol. The zero-order valence-corrected chi connectivity index (χ0v) is 28.3. The molecule has 1 aliphatic rings. The summed E-state index contributed by atoms with van der Waals surface area (Å²) in [5.41, 5.74) is 0. The molecule has 0 saturated heterocycles. The van der Waals surface area contributed by atoms with Crippen LogP contribution >= 0.6 is 23.3 Å². The average Bonchev–Trinajstić information content (AvgIpc) is 3.10. The fraction of sp³-hybridized carbons (Fsp3) is 0. The zero-order chi connectivity index (χ0) is 32.5. The molecule has 48 heavy (non-hydrogen) atoms. The Morgan fingerprint density at radius 2 is 0.667 bits per heavy atom. The molecule has 7 rings (SSSR count). The molecule has 0 radical (unpaired) electrons. The second-order valence-corrected chi connectivity index (χ2v) is 17.1. The first kappa shape index (κ1) is 31.6. The summed E-state index contributed by atoms with van der Waals surface area (Å²) >= 11 is 0. The van der Waals surface area contributed by atoms with Gasteiger partial charge in [0.05, 0.1) is 0 Å². The number of hydrogen-bond acceptors (Lipinski definition) is 9. The number of hydrogen-bond donors (Lipinski definition) is 1. The standard InChI is InChI=1S/C36H32N3O6P3/c1-7-19-31(20-8-1)40-46(41-32-21-9-2-10-22-32)37-47(42-33-23-11-3-12-24-33,43-34-25-13-4-14-26-34)39-48(38-46,44-35-27-15-5-16-28-35)45-36-29-17-6-18-30-36/h1-30,37,46H. The summed E-state index contributed by atoms with van der Waals surface area (Å²) in [5, 5.41) is 0. The summed E-state index contributed by atoms with van der Waals surface area (Å²) < 4.78 is 51.3. The van der Waals surface area contributed by atoms with Crippen LogP contribution in [0.3, 0.4) is 0 Å². The molecule has 9 nitrogen and oxygen atoms in total. The van der Waals surface area contributed by atoms with E-state index in [0.717, 1.165) is 0 Å². The molecule has 0 fully saturated rings. The molecule has 0 bridgehead atoms. The van der Waals surface area contributed by atoms with E-state index in [9.17, 15) is 0 Å². The number of para-hydroxylation sites is 6. The van der Waals surface area contributed by atoms with Crippen molar-refractivity contribution in [3.63, 3.8) is 0 Å². The van der Waals surface area contributed by atoms with Gasteiger partial charge in [0.2, 0.25) is 0 Å². The van der Waals surface area contributed by atoms with E-state index in [4.69, 9.17) is 36.2 Å². The van der Waals surface area contributed by atoms with E-state index in [1.807, 2.05) is 182 Å². The maximum absolute atomic E-state index is 6.82. The summed E-state index contributed by atoms with van der Waals surface area (Å²) in [7, 11) is -11.7. The second kappa shape index (κ2) is 14.4. The fourth-order valence-electron chi connectivity index (χ4n) is 4.64. The van der Waals surface area contributed by atoms with E-state index in [0.29, 0.717) is 34.5 Å². The molecule has 12 heteroatoms. The summed E-state index contributed by atoms with van der Waals surface area (Å²) in [5.74, 6) is 2.98. The first-order valence-electron chi connectivity index (χ1n) is 15.1. The summed E-state index contributed by atoms with van der Waals surface area (Å²) in [4.78, 5) is 3.50. The SMILES string of the molecule is c1ccc(OP2(Oc3ccccc3)=N[PH](Oc3ccccc3)(Oc3ccccc3)NP(Oc3ccccc3)(Oc3ccccc3)=N2)cc1. The van der Waals surface area contributed by atoms with Crippen molar-refractivity contribution in [2.24, 2.45) is 9.03 Å². The number of nitrogens with one attached hydrogen (secondary N) is 1. The Morgan fingerprint density at radius 1 is 0.375 bits per heavy atom. The van der Waals surface area contributed by atoms with Gasteiger partial charge >= 0.3 is 281 Å². The average molecular weight is 696 g/mol. The summed E-state index contributed by atoms with van der Waals surface area (Å²) in [6.45, 7) is 0. The van der Waals surface area contributed by atoms with Crippen molar-refractivity contribution < 1.29 is 27.1 Å². The molecule has 1 heterocycles. The van der Waals surface area contributed by atoms with Gasteiger partial charge in [-0.2, -0.15) is 0 Å². The Hall–Kier alpha value is -5.03. The molecule has 242 valence electrons. The molecule has 0 aromatic heterocycles. The van der Waals surface area contributed by atoms with E-state index in [-0.39, 0.29) is 0 Å². The van der Waals surface area contributed by atoms with Crippen LogP contribution in [0, 0.1) is 0 Å². The van der Waals surface area contributed by atoms with E-state index < -0.39 is 23.3 Å². The van der Waals surface area contributed by atoms with Gasteiger partial charge in [-0.15, -0.1) is 0 Å². The summed E-state index contributed by atoms with van der Waals surface area (Å²) in [6, 6.07) is 55.8. The van der Waals surface area contributed by atoms with Crippen LogP contribution in [0.5, 0.6) is 34.5 Å². The van der Waals surface area contributed by atoms with Crippen LogP contribution in [0.4, 0.5) is 0 Å².